The van der Waals surface area contributed by atoms with Gasteiger partial charge in [-0.05, 0) is 56.2 Å². The van der Waals surface area contributed by atoms with E-state index in [1.54, 1.807) is 24.3 Å². The summed E-state index contributed by atoms with van der Waals surface area (Å²) in [5.74, 6) is -1.20. The van der Waals surface area contributed by atoms with Gasteiger partial charge in [-0.15, -0.1) is 0 Å². The Hall–Kier alpha value is -2.41. The molecule has 1 atom stereocenters. The molecular formula is C18H21FN2O3S. The molecule has 134 valence electrons. The van der Waals surface area contributed by atoms with Crippen LogP contribution < -0.4 is 9.62 Å². The number of anilines is 2. The van der Waals surface area contributed by atoms with E-state index in [1.807, 2.05) is 13.8 Å². The molecule has 2 aromatic rings. The van der Waals surface area contributed by atoms with Crippen LogP contribution in [0.5, 0.6) is 0 Å². The van der Waals surface area contributed by atoms with Gasteiger partial charge in [0.1, 0.15) is 11.9 Å². The van der Waals surface area contributed by atoms with Gasteiger partial charge in [0, 0.05) is 0 Å². The van der Waals surface area contributed by atoms with Crippen molar-refractivity contribution in [1.82, 2.24) is 0 Å². The number of carbonyl (C=O) groups excluding carboxylic acids is 1. The highest BCUT2D eigenvalue weighted by Crippen LogP contribution is 2.24. The molecule has 0 saturated carbocycles. The topological polar surface area (TPSA) is 66.5 Å². The number of sulfonamides is 1. The summed E-state index contributed by atoms with van der Waals surface area (Å²) in [6.07, 6.45) is 1.04. The quantitative estimate of drug-likeness (QED) is 0.886. The average Bonchev–Trinajstić information content (AvgIpc) is 2.51. The van der Waals surface area contributed by atoms with Gasteiger partial charge in [0.25, 0.3) is 0 Å². The van der Waals surface area contributed by atoms with Crippen LogP contribution in [0.15, 0.2) is 42.5 Å². The summed E-state index contributed by atoms with van der Waals surface area (Å²) in [4.78, 5) is 12.5. The largest absolute Gasteiger partial charge is 0.322 e. The molecule has 2 aromatic carbocycles. The van der Waals surface area contributed by atoms with Crippen molar-refractivity contribution in [1.29, 1.82) is 0 Å². The number of halogens is 1. The Morgan fingerprint density at radius 1 is 1.12 bits per heavy atom. The summed E-state index contributed by atoms with van der Waals surface area (Å²) in [5.41, 5.74) is 2.32. The fourth-order valence-electron chi connectivity index (χ4n) is 2.47. The van der Waals surface area contributed by atoms with Crippen molar-refractivity contribution < 1.29 is 17.6 Å². The summed E-state index contributed by atoms with van der Waals surface area (Å²) in [6, 6.07) is 9.84. The zero-order valence-corrected chi connectivity index (χ0v) is 15.4. The van der Waals surface area contributed by atoms with E-state index in [4.69, 9.17) is 0 Å². The molecule has 1 N–H and O–H groups in total. The van der Waals surface area contributed by atoms with Gasteiger partial charge in [-0.25, -0.2) is 12.8 Å². The van der Waals surface area contributed by atoms with Crippen LogP contribution in [-0.4, -0.2) is 26.6 Å². The number of nitrogens with zero attached hydrogens (tertiary/aromatic N) is 1. The first-order chi connectivity index (χ1) is 11.6. The maximum Gasteiger partial charge on any atom is 0.248 e. The van der Waals surface area contributed by atoms with E-state index >= 15 is 0 Å². The zero-order valence-electron chi connectivity index (χ0n) is 14.6. The van der Waals surface area contributed by atoms with Crippen LogP contribution in [0.25, 0.3) is 0 Å². The summed E-state index contributed by atoms with van der Waals surface area (Å²) in [5, 5.41) is 2.44. The van der Waals surface area contributed by atoms with E-state index < -0.39 is 27.8 Å². The molecule has 2 rings (SSSR count). The molecule has 0 aliphatic heterocycles. The van der Waals surface area contributed by atoms with Gasteiger partial charge in [0.2, 0.25) is 15.9 Å². The van der Waals surface area contributed by atoms with E-state index in [1.165, 1.54) is 25.1 Å². The first-order valence-corrected chi connectivity index (χ1v) is 9.58. The Labute approximate surface area is 147 Å². The number of nitrogens with one attached hydrogen (secondary N) is 1. The number of benzene rings is 2. The lowest BCUT2D eigenvalue weighted by molar-refractivity contribution is -0.116. The van der Waals surface area contributed by atoms with Crippen molar-refractivity contribution in [3.8, 4) is 0 Å². The lowest BCUT2D eigenvalue weighted by atomic mass is 10.1. The van der Waals surface area contributed by atoms with Crippen LogP contribution in [0.4, 0.5) is 15.8 Å². The second-order valence-electron chi connectivity index (χ2n) is 5.97. The van der Waals surface area contributed by atoms with Crippen molar-refractivity contribution in [3.05, 3.63) is 59.4 Å². The number of carbonyl (C=O) groups is 1. The molecule has 0 radical (unpaired) electrons. The van der Waals surface area contributed by atoms with Crippen LogP contribution in [-0.2, 0) is 14.8 Å². The van der Waals surface area contributed by atoms with Crippen molar-refractivity contribution in [2.75, 3.05) is 15.9 Å². The zero-order chi connectivity index (χ0) is 18.8. The molecule has 0 bridgehead atoms. The molecule has 25 heavy (non-hydrogen) atoms. The van der Waals surface area contributed by atoms with Crippen LogP contribution in [0, 0.1) is 19.7 Å². The minimum absolute atomic E-state index is 0.00730. The highest BCUT2D eigenvalue weighted by Gasteiger charge is 2.29. The van der Waals surface area contributed by atoms with Crippen LogP contribution in [0.2, 0.25) is 0 Å². The molecule has 0 unspecified atom stereocenters. The molecule has 0 aromatic heterocycles. The third kappa shape index (κ3) is 4.36. The number of amides is 1. The second kappa shape index (κ2) is 7.23. The third-order valence-electron chi connectivity index (χ3n) is 3.97. The van der Waals surface area contributed by atoms with E-state index in [-0.39, 0.29) is 5.69 Å². The van der Waals surface area contributed by atoms with E-state index in [2.05, 4.69) is 5.32 Å². The SMILES string of the molecule is Cc1ccc(N([C@H](C)C(=O)Nc2ccccc2F)S(C)(=O)=O)cc1C. The van der Waals surface area contributed by atoms with Gasteiger partial charge < -0.3 is 5.32 Å². The summed E-state index contributed by atoms with van der Waals surface area (Å²) in [7, 11) is -3.72. The lowest BCUT2D eigenvalue weighted by Gasteiger charge is -2.28. The highest BCUT2D eigenvalue weighted by molar-refractivity contribution is 7.92. The fourth-order valence-corrected chi connectivity index (χ4v) is 3.64. The minimum atomic E-state index is -3.72. The Kier molecular flexibility index (Phi) is 5.47. The van der Waals surface area contributed by atoms with Gasteiger partial charge in [-0.2, -0.15) is 0 Å². The molecular weight excluding hydrogens is 343 g/mol. The van der Waals surface area contributed by atoms with Gasteiger partial charge in [-0.3, -0.25) is 9.10 Å². The molecule has 0 heterocycles. The molecule has 0 aliphatic carbocycles. The molecule has 0 aliphatic rings. The smallest absolute Gasteiger partial charge is 0.248 e. The first-order valence-electron chi connectivity index (χ1n) is 7.73. The number of para-hydroxylation sites is 1. The average molecular weight is 364 g/mol. The Balaban J connectivity index is 2.36. The molecule has 0 fully saturated rings. The number of hydrogen-bond donors (Lipinski definition) is 1. The van der Waals surface area contributed by atoms with Gasteiger partial charge in [0.15, 0.2) is 0 Å². The maximum atomic E-state index is 13.7. The monoisotopic (exact) mass is 364 g/mol. The summed E-state index contributed by atoms with van der Waals surface area (Å²) < 4.78 is 39.3. The lowest BCUT2D eigenvalue weighted by Crippen LogP contribution is -2.45. The number of hydrogen-bond acceptors (Lipinski definition) is 3. The van der Waals surface area contributed by atoms with Gasteiger partial charge >= 0.3 is 0 Å². The molecule has 1 amide bonds. The molecule has 0 spiro atoms. The van der Waals surface area contributed by atoms with Crippen molar-refractivity contribution in [3.63, 3.8) is 0 Å². The van der Waals surface area contributed by atoms with Gasteiger partial charge in [0.05, 0.1) is 17.6 Å². The molecule has 7 heteroatoms. The molecule has 0 saturated heterocycles. The van der Waals surface area contributed by atoms with E-state index in [0.717, 1.165) is 21.7 Å². The minimum Gasteiger partial charge on any atom is -0.322 e. The Bertz CT molecular complexity index is 897. The van der Waals surface area contributed by atoms with Crippen molar-refractivity contribution in [2.45, 2.75) is 26.8 Å². The summed E-state index contributed by atoms with van der Waals surface area (Å²) in [6.45, 7) is 5.24. The van der Waals surface area contributed by atoms with E-state index in [9.17, 15) is 17.6 Å². The predicted octanol–water partition coefficient (Wildman–Crippen LogP) is 3.24. The Morgan fingerprint density at radius 2 is 1.76 bits per heavy atom. The maximum absolute atomic E-state index is 13.7. The van der Waals surface area contributed by atoms with Crippen LogP contribution >= 0.6 is 0 Å². The van der Waals surface area contributed by atoms with Gasteiger partial charge in [-0.1, -0.05) is 18.2 Å². The second-order valence-corrected chi connectivity index (χ2v) is 7.83. The first kappa shape index (κ1) is 18.9. The summed E-state index contributed by atoms with van der Waals surface area (Å²) >= 11 is 0. The van der Waals surface area contributed by atoms with E-state index in [0.29, 0.717) is 5.69 Å². The Morgan fingerprint density at radius 3 is 2.32 bits per heavy atom. The van der Waals surface area contributed by atoms with Crippen molar-refractivity contribution in [2.24, 2.45) is 0 Å². The number of rotatable bonds is 5. The van der Waals surface area contributed by atoms with Crippen molar-refractivity contribution >= 4 is 27.3 Å². The van der Waals surface area contributed by atoms with Crippen LogP contribution in [0.3, 0.4) is 0 Å². The normalized spacial score (nSPS) is 12.5. The fraction of sp³-hybridized carbons (Fsp3) is 0.278. The number of aryl methyl sites for hydroxylation is 2. The highest BCUT2D eigenvalue weighted by atomic mass is 32.2. The van der Waals surface area contributed by atoms with Crippen LogP contribution in [0.1, 0.15) is 18.1 Å². The molecule has 5 nitrogen and oxygen atoms in total. The standard InChI is InChI=1S/C18H21FN2O3S/c1-12-9-10-15(11-13(12)2)21(25(4,23)24)14(3)18(22)20-17-8-6-5-7-16(17)19/h5-11,14H,1-4H3,(H,20,22)/t14-/m1/s1. The predicted molar refractivity (Wildman–Crippen MR) is 97.7 cm³/mol. The third-order valence-corrected chi connectivity index (χ3v) is 5.21.